The Morgan fingerprint density at radius 3 is 2.43 bits per heavy atom. The number of ketones is 1. The molecule has 0 saturated carbocycles. The number of fused-ring (bicyclic) bond motifs is 1. The largest absolute Gasteiger partial charge is 0.325 e. The molecular weight excluding hydrogens is 406 g/mol. The fourth-order valence-electron chi connectivity index (χ4n) is 2.98. The zero-order chi connectivity index (χ0) is 21.3. The van der Waals surface area contributed by atoms with Crippen LogP contribution in [0.1, 0.15) is 17.3 Å². The minimum atomic E-state index is -0.390. The van der Waals surface area contributed by atoms with Gasteiger partial charge in [-0.2, -0.15) is 5.10 Å². The lowest BCUT2D eigenvalue weighted by atomic mass is 10.1. The first-order valence-electron chi connectivity index (χ1n) is 9.02. The number of nitrogens with zero attached hydrogens (tertiary/aromatic N) is 4. The summed E-state index contributed by atoms with van der Waals surface area (Å²) in [7, 11) is 0. The standard InChI is InChI=1S/C21H16ClN5O3/c1-13(28)14-2-6-16(7-3-14)25-19(29)11-26-12-23-20-18(21(26)30)10-24-27(20)17-8-4-15(22)5-9-17/h2-10,12H,11H2,1H3,(H,25,29). The number of halogens is 1. The van der Waals surface area contributed by atoms with E-state index in [-0.39, 0.29) is 23.8 Å². The lowest BCUT2D eigenvalue weighted by molar-refractivity contribution is -0.116. The van der Waals surface area contributed by atoms with Crippen molar-refractivity contribution in [3.8, 4) is 5.69 Å². The van der Waals surface area contributed by atoms with Gasteiger partial charge in [-0.05, 0) is 55.5 Å². The van der Waals surface area contributed by atoms with Gasteiger partial charge in [-0.3, -0.25) is 19.0 Å². The molecule has 2 aromatic carbocycles. The maximum Gasteiger partial charge on any atom is 0.264 e. The van der Waals surface area contributed by atoms with Crippen LogP contribution < -0.4 is 10.9 Å². The van der Waals surface area contributed by atoms with Crippen molar-refractivity contribution in [1.29, 1.82) is 0 Å². The van der Waals surface area contributed by atoms with Gasteiger partial charge < -0.3 is 5.32 Å². The number of hydrogen-bond donors (Lipinski definition) is 1. The highest BCUT2D eigenvalue weighted by atomic mass is 35.5. The van der Waals surface area contributed by atoms with Crippen molar-refractivity contribution in [2.75, 3.05) is 5.32 Å². The number of anilines is 1. The van der Waals surface area contributed by atoms with Gasteiger partial charge in [0.25, 0.3) is 5.56 Å². The fourth-order valence-corrected chi connectivity index (χ4v) is 3.10. The van der Waals surface area contributed by atoms with E-state index in [1.807, 2.05) is 0 Å². The summed E-state index contributed by atoms with van der Waals surface area (Å²) in [5.41, 5.74) is 1.81. The molecule has 0 radical (unpaired) electrons. The Hall–Kier alpha value is -3.78. The summed E-state index contributed by atoms with van der Waals surface area (Å²) in [6.07, 6.45) is 2.74. The molecule has 1 amide bonds. The molecule has 0 aliphatic carbocycles. The van der Waals surface area contributed by atoms with Crippen LogP contribution in [0.5, 0.6) is 0 Å². The molecule has 2 aromatic heterocycles. The molecule has 9 heteroatoms. The van der Waals surface area contributed by atoms with E-state index in [0.717, 1.165) is 0 Å². The van der Waals surface area contributed by atoms with E-state index >= 15 is 0 Å². The zero-order valence-corrected chi connectivity index (χ0v) is 16.6. The Balaban J connectivity index is 1.55. The van der Waals surface area contributed by atoms with Gasteiger partial charge in [0, 0.05) is 16.3 Å². The van der Waals surface area contributed by atoms with E-state index in [1.165, 1.54) is 28.7 Å². The molecule has 0 spiro atoms. The summed E-state index contributed by atoms with van der Waals surface area (Å²) in [6, 6.07) is 13.5. The van der Waals surface area contributed by atoms with Gasteiger partial charge in [-0.15, -0.1) is 0 Å². The van der Waals surface area contributed by atoms with Crippen LogP contribution in [0.25, 0.3) is 16.7 Å². The fraction of sp³-hybridized carbons (Fsp3) is 0.0952. The molecule has 0 aliphatic heterocycles. The minimum Gasteiger partial charge on any atom is -0.325 e. The highest BCUT2D eigenvalue weighted by Gasteiger charge is 2.13. The molecule has 4 aromatic rings. The second-order valence-electron chi connectivity index (χ2n) is 6.63. The molecule has 0 bridgehead atoms. The molecular formula is C21H16ClN5O3. The van der Waals surface area contributed by atoms with Crippen molar-refractivity contribution in [3.63, 3.8) is 0 Å². The van der Waals surface area contributed by atoms with Gasteiger partial charge in [0.2, 0.25) is 5.91 Å². The summed E-state index contributed by atoms with van der Waals surface area (Å²) < 4.78 is 2.75. The molecule has 1 N–H and O–H groups in total. The van der Waals surface area contributed by atoms with E-state index < -0.39 is 0 Å². The van der Waals surface area contributed by atoms with Crippen LogP contribution in [0.3, 0.4) is 0 Å². The molecule has 0 atom stereocenters. The molecule has 0 saturated heterocycles. The average Bonchev–Trinajstić information content (AvgIpc) is 3.16. The van der Waals surface area contributed by atoms with Crippen LogP contribution in [-0.2, 0) is 11.3 Å². The van der Waals surface area contributed by atoms with Gasteiger partial charge in [0.1, 0.15) is 18.3 Å². The highest BCUT2D eigenvalue weighted by molar-refractivity contribution is 6.30. The monoisotopic (exact) mass is 421 g/mol. The van der Waals surface area contributed by atoms with Crippen molar-refractivity contribution in [1.82, 2.24) is 19.3 Å². The molecule has 2 heterocycles. The number of nitrogens with one attached hydrogen (secondary N) is 1. The van der Waals surface area contributed by atoms with E-state index in [9.17, 15) is 14.4 Å². The molecule has 0 fully saturated rings. The number of hydrogen-bond acceptors (Lipinski definition) is 5. The van der Waals surface area contributed by atoms with Crippen molar-refractivity contribution < 1.29 is 9.59 Å². The number of aromatic nitrogens is 4. The molecule has 0 unspecified atom stereocenters. The number of amides is 1. The zero-order valence-electron chi connectivity index (χ0n) is 15.9. The molecule has 150 valence electrons. The third-order valence-corrected chi connectivity index (χ3v) is 4.77. The van der Waals surface area contributed by atoms with Crippen LogP contribution in [0.15, 0.2) is 65.8 Å². The summed E-state index contributed by atoms with van der Waals surface area (Å²) in [5, 5.41) is 7.82. The quantitative estimate of drug-likeness (QED) is 0.499. The number of carbonyl (C=O) groups excluding carboxylic acids is 2. The van der Waals surface area contributed by atoms with Gasteiger partial charge in [-0.1, -0.05) is 11.6 Å². The Morgan fingerprint density at radius 2 is 1.77 bits per heavy atom. The van der Waals surface area contributed by atoms with E-state index in [4.69, 9.17) is 11.6 Å². The van der Waals surface area contributed by atoms with Gasteiger partial charge in [0.15, 0.2) is 11.4 Å². The van der Waals surface area contributed by atoms with E-state index in [1.54, 1.807) is 48.5 Å². The number of Topliss-reactive ketones (excluding diaryl/α,β-unsaturated/α-hetero) is 1. The second-order valence-corrected chi connectivity index (χ2v) is 7.07. The molecule has 4 rings (SSSR count). The Morgan fingerprint density at radius 1 is 1.07 bits per heavy atom. The van der Waals surface area contributed by atoms with Crippen LogP contribution in [0, 0.1) is 0 Å². The number of benzene rings is 2. The van der Waals surface area contributed by atoms with Gasteiger partial charge >= 0.3 is 0 Å². The Kier molecular flexibility index (Phi) is 5.16. The highest BCUT2D eigenvalue weighted by Crippen LogP contribution is 2.16. The van der Waals surface area contributed by atoms with E-state index in [2.05, 4.69) is 15.4 Å². The lowest BCUT2D eigenvalue weighted by Crippen LogP contribution is -2.27. The summed E-state index contributed by atoms with van der Waals surface area (Å²) in [5.74, 6) is -0.447. The van der Waals surface area contributed by atoms with Crippen LogP contribution in [-0.4, -0.2) is 31.0 Å². The van der Waals surface area contributed by atoms with Crippen LogP contribution >= 0.6 is 11.6 Å². The average molecular weight is 422 g/mol. The van der Waals surface area contributed by atoms with Gasteiger partial charge in [0.05, 0.1) is 11.9 Å². The third-order valence-electron chi connectivity index (χ3n) is 4.51. The molecule has 0 aliphatic rings. The van der Waals surface area contributed by atoms with Crippen molar-refractivity contribution in [2.24, 2.45) is 0 Å². The first kappa shape index (κ1) is 19.5. The van der Waals surface area contributed by atoms with E-state index in [0.29, 0.717) is 33.0 Å². The summed E-state index contributed by atoms with van der Waals surface area (Å²) >= 11 is 5.91. The SMILES string of the molecule is CC(=O)c1ccc(NC(=O)Cn2cnc3c(cnn3-c3ccc(Cl)cc3)c2=O)cc1. The normalized spacial score (nSPS) is 10.9. The van der Waals surface area contributed by atoms with Crippen molar-refractivity contribution in [3.05, 3.63) is 82.0 Å². The second kappa shape index (κ2) is 7.92. The van der Waals surface area contributed by atoms with Crippen molar-refractivity contribution >= 4 is 40.0 Å². The van der Waals surface area contributed by atoms with Gasteiger partial charge in [-0.25, -0.2) is 9.67 Å². The smallest absolute Gasteiger partial charge is 0.264 e. The molecule has 30 heavy (non-hydrogen) atoms. The maximum atomic E-state index is 12.8. The van der Waals surface area contributed by atoms with Crippen molar-refractivity contribution in [2.45, 2.75) is 13.5 Å². The Labute approximate surface area is 175 Å². The maximum absolute atomic E-state index is 12.8. The summed E-state index contributed by atoms with van der Waals surface area (Å²) in [4.78, 5) is 40.7. The molecule has 8 nitrogen and oxygen atoms in total. The summed E-state index contributed by atoms with van der Waals surface area (Å²) in [6.45, 7) is 1.26. The first-order valence-corrected chi connectivity index (χ1v) is 9.40. The van der Waals surface area contributed by atoms with Crippen LogP contribution in [0.4, 0.5) is 5.69 Å². The lowest BCUT2D eigenvalue weighted by Gasteiger charge is -2.08. The topological polar surface area (TPSA) is 98.9 Å². The predicted octanol–water partition coefficient (Wildman–Crippen LogP) is 3.08. The predicted molar refractivity (Wildman–Crippen MR) is 113 cm³/mol. The minimum absolute atomic E-state index is 0.0575. The number of carbonyl (C=O) groups is 2. The number of rotatable bonds is 5. The first-order chi connectivity index (χ1) is 14.4. The Bertz CT molecular complexity index is 1310. The van der Waals surface area contributed by atoms with Crippen LogP contribution in [0.2, 0.25) is 5.02 Å². The third kappa shape index (κ3) is 3.85.